The summed E-state index contributed by atoms with van der Waals surface area (Å²) in [5.74, 6) is -0.408. The van der Waals surface area contributed by atoms with Gasteiger partial charge in [0.25, 0.3) is 0 Å². The fourth-order valence-electron chi connectivity index (χ4n) is 2.42. The third-order valence-electron chi connectivity index (χ3n) is 4.10. The molecule has 0 atom stereocenters. The zero-order chi connectivity index (χ0) is 21.2. The van der Waals surface area contributed by atoms with Crippen molar-refractivity contribution < 1.29 is 19.1 Å². The highest BCUT2D eigenvalue weighted by Gasteiger charge is 2.09. The molecule has 0 aliphatic carbocycles. The maximum absolute atomic E-state index is 12.0. The second-order valence-electron chi connectivity index (χ2n) is 6.60. The highest BCUT2D eigenvalue weighted by Crippen LogP contribution is 2.15. The largest absolute Gasteiger partial charge is 0.462 e. The van der Waals surface area contributed by atoms with Crippen LogP contribution in [0.2, 0.25) is 0 Å². The normalized spacial score (nSPS) is 10.3. The number of nitrogens with one attached hydrogen (secondary N) is 2. The second-order valence-corrected chi connectivity index (χ2v) is 7.59. The van der Waals surface area contributed by atoms with E-state index in [4.69, 9.17) is 4.74 Å². The number of thioether (sulfide) groups is 1. The fraction of sp³-hybridized carbons (Fsp3) is 0.318. The molecule has 29 heavy (non-hydrogen) atoms. The molecular formula is C22H26N2O4S. The van der Waals surface area contributed by atoms with E-state index in [1.807, 2.05) is 39.0 Å². The standard InChI is InChI=1S/C22H26N2O4S/c1-4-11-28-22(27)17-6-9-18(10-7-17)23-20(25)13-29-14-21(26)24-19-8-5-15(2)16(3)12-19/h5-10,12H,4,11,13-14H2,1-3H3,(H,23,25)(H,24,26). The van der Waals surface area contributed by atoms with Gasteiger partial charge in [0.05, 0.1) is 23.7 Å². The quantitative estimate of drug-likeness (QED) is 0.601. The topological polar surface area (TPSA) is 84.5 Å². The van der Waals surface area contributed by atoms with Crippen LogP contribution in [0.25, 0.3) is 0 Å². The number of anilines is 2. The van der Waals surface area contributed by atoms with Crippen molar-refractivity contribution in [3.8, 4) is 0 Å². The molecule has 0 unspecified atom stereocenters. The number of amides is 2. The second kappa shape index (κ2) is 11.3. The summed E-state index contributed by atoms with van der Waals surface area (Å²) in [7, 11) is 0. The van der Waals surface area contributed by atoms with Gasteiger partial charge in [0.2, 0.25) is 11.8 Å². The molecule has 2 amide bonds. The molecule has 0 fully saturated rings. The number of carbonyl (C=O) groups excluding carboxylic acids is 3. The van der Waals surface area contributed by atoms with Crippen LogP contribution in [0.3, 0.4) is 0 Å². The van der Waals surface area contributed by atoms with Gasteiger partial charge in [0.15, 0.2) is 0 Å². The first-order chi connectivity index (χ1) is 13.9. The van der Waals surface area contributed by atoms with Crippen LogP contribution in [0.4, 0.5) is 11.4 Å². The van der Waals surface area contributed by atoms with Gasteiger partial charge in [-0.2, -0.15) is 0 Å². The summed E-state index contributed by atoms with van der Waals surface area (Å²) in [5, 5.41) is 5.57. The van der Waals surface area contributed by atoms with E-state index < -0.39 is 0 Å². The molecule has 0 radical (unpaired) electrons. The van der Waals surface area contributed by atoms with Crippen molar-refractivity contribution >= 4 is 40.9 Å². The first kappa shape index (κ1) is 22.5. The number of benzene rings is 2. The fourth-order valence-corrected chi connectivity index (χ4v) is 3.03. The minimum Gasteiger partial charge on any atom is -0.462 e. The molecule has 2 rings (SSSR count). The lowest BCUT2D eigenvalue weighted by Crippen LogP contribution is -2.18. The summed E-state index contributed by atoms with van der Waals surface area (Å²) in [5.41, 5.74) is 4.05. The molecule has 2 aromatic rings. The molecule has 7 heteroatoms. The van der Waals surface area contributed by atoms with Crippen molar-refractivity contribution in [1.82, 2.24) is 0 Å². The Labute approximate surface area is 175 Å². The SMILES string of the molecule is CCCOC(=O)c1ccc(NC(=O)CSCC(=O)Nc2ccc(C)c(C)c2)cc1. The molecule has 0 aliphatic heterocycles. The molecule has 0 spiro atoms. The summed E-state index contributed by atoms with van der Waals surface area (Å²) in [6.07, 6.45) is 0.764. The molecule has 6 nitrogen and oxygen atoms in total. The molecule has 2 aromatic carbocycles. The first-order valence-corrected chi connectivity index (χ1v) is 10.6. The maximum atomic E-state index is 12.0. The zero-order valence-corrected chi connectivity index (χ0v) is 17.7. The van der Waals surface area contributed by atoms with Crippen molar-refractivity contribution in [2.75, 3.05) is 28.7 Å². The van der Waals surface area contributed by atoms with Crippen molar-refractivity contribution in [3.05, 3.63) is 59.2 Å². The van der Waals surface area contributed by atoms with Crippen LogP contribution in [0, 0.1) is 13.8 Å². The lowest BCUT2D eigenvalue weighted by Gasteiger charge is -2.08. The summed E-state index contributed by atoms with van der Waals surface area (Å²) in [6, 6.07) is 12.3. The molecule has 0 bridgehead atoms. The smallest absolute Gasteiger partial charge is 0.338 e. The van der Waals surface area contributed by atoms with Gasteiger partial charge < -0.3 is 15.4 Å². The van der Waals surface area contributed by atoms with Gasteiger partial charge in [-0.25, -0.2) is 4.79 Å². The molecule has 0 saturated heterocycles. The van der Waals surface area contributed by atoms with Gasteiger partial charge in [-0.05, 0) is 67.8 Å². The van der Waals surface area contributed by atoms with Crippen molar-refractivity contribution in [3.63, 3.8) is 0 Å². The Bertz CT molecular complexity index is 866. The van der Waals surface area contributed by atoms with E-state index in [1.165, 1.54) is 17.3 Å². The molecule has 0 aromatic heterocycles. The van der Waals surface area contributed by atoms with E-state index >= 15 is 0 Å². The number of carbonyl (C=O) groups is 3. The van der Waals surface area contributed by atoms with E-state index in [-0.39, 0.29) is 29.3 Å². The number of rotatable bonds is 9. The number of ether oxygens (including phenoxy) is 1. The number of esters is 1. The Morgan fingerprint density at radius 3 is 2.03 bits per heavy atom. The molecule has 0 aliphatic rings. The van der Waals surface area contributed by atoms with Crippen LogP contribution >= 0.6 is 11.8 Å². The predicted octanol–water partition coefficient (Wildman–Crippen LogP) is 4.18. The van der Waals surface area contributed by atoms with E-state index in [0.717, 1.165) is 17.7 Å². The molecular weight excluding hydrogens is 388 g/mol. The van der Waals surface area contributed by atoms with Gasteiger partial charge in [0.1, 0.15) is 0 Å². The van der Waals surface area contributed by atoms with Crippen molar-refractivity contribution in [2.24, 2.45) is 0 Å². The van der Waals surface area contributed by atoms with Crippen LogP contribution < -0.4 is 10.6 Å². The Balaban J connectivity index is 1.73. The summed E-state index contributed by atoms with van der Waals surface area (Å²) < 4.78 is 5.06. The minimum absolute atomic E-state index is 0.152. The number of hydrogen-bond donors (Lipinski definition) is 2. The Morgan fingerprint density at radius 2 is 1.45 bits per heavy atom. The number of aryl methyl sites for hydroxylation is 2. The van der Waals surface area contributed by atoms with Crippen molar-refractivity contribution in [2.45, 2.75) is 27.2 Å². The van der Waals surface area contributed by atoms with E-state index in [0.29, 0.717) is 17.9 Å². The van der Waals surface area contributed by atoms with E-state index in [2.05, 4.69) is 10.6 Å². The van der Waals surface area contributed by atoms with E-state index in [9.17, 15) is 14.4 Å². The summed E-state index contributed by atoms with van der Waals surface area (Å²) >= 11 is 1.23. The van der Waals surface area contributed by atoms with Crippen LogP contribution in [0.1, 0.15) is 34.8 Å². The minimum atomic E-state index is -0.380. The summed E-state index contributed by atoms with van der Waals surface area (Å²) in [4.78, 5) is 35.8. The van der Waals surface area contributed by atoms with E-state index in [1.54, 1.807) is 24.3 Å². The number of hydrogen-bond acceptors (Lipinski definition) is 5. The monoisotopic (exact) mass is 414 g/mol. The average Bonchev–Trinajstić information content (AvgIpc) is 2.69. The molecule has 154 valence electrons. The predicted molar refractivity (Wildman–Crippen MR) is 118 cm³/mol. The van der Waals surface area contributed by atoms with Gasteiger partial charge in [-0.3, -0.25) is 9.59 Å². The average molecular weight is 415 g/mol. The van der Waals surface area contributed by atoms with Crippen LogP contribution in [0.15, 0.2) is 42.5 Å². The van der Waals surface area contributed by atoms with Crippen LogP contribution in [-0.2, 0) is 14.3 Å². The Kier molecular flexibility index (Phi) is 8.73. The highest BCUT2D eigenvalue weighted by atomic mass is 32.2. The zero-order valence-electron chi connectivity index (χ0n) is 16.9. The van der Waals surface area contributed by atoms with Crippen molar-refractivity contribution in [1.29, 1.82) is 0 Å². The third kappa shape index (κ3) is 7.62. The van der Waals surface area contributed by atoms with Gasteiger partial charge in [-0.1, -0.05) is 13.0 Å². The molecule has 0 heterocycles. The first-order valence-electron chi connectivity index (χ1n) is 9.41. The maximum Gasteiger partial charge on any atom is 0.338 e. The van der Waals surface area contributed by atoms with Gasteiger partial charge >= 0.3 is 5.97 Å². The van der Waals surface area contributed by atoms with Gasteiger partial charge in [0, 0.05) is 11.4 Å². The van der Waals surface area contributed by atoms with Crippen LogP contribution in [-0.4, -0.2) is 35.9 Å². The lowest BCUT2D eigenvalue weighted by molar-refractivity contribution is -0.114. The third-order valence-corrected chi connectivity index (χ3v) is 5.03. The summed E-state index contributed by atoms with van der Waals surface area (Å²) in [6.45, 7) is 6.31. The highest BCUT2D eigenvalue weighted by molar-refractivity contribution is 8.00. The van der Waals surface area contributed by atoms with Crippen LogP contribution in [0.5, 0.6) is 0 Å². The molecule has 0 saturated carbocycles. The molecule has 2 N–H and O–H groups in total. The van der Waals surface area contributed by atoms with Gasteiger partial charge in [-0.15, -0.1) is 11.8 Å². The Hall–Kier alpha value is -2.80. The Morgan fingerprint density at radius 1 is 0.862 bits per heavy atom. The lowest BCUT2D eigenvalue weighted by atomic mass is 10.1.